The molecule has 0 spiro atoms. The summed E-state index contributed by atoms with van der Waals surface area (Å²) in [5.41, 5.74) is 7.03. The molecule has 0 bridgehead atoms. The minimum absolute atomic E-state index is 0.00403. The van der Waals surface area contributed by atoms with E-state index in [2.05, 4.69) is 55.3 Å². The SMILES string of the molecule is [B]C([B])(c1cccc(C(=O)N(C)C)n1)N1CC(n2ncc3c2C(CC)N(C)c2c(Nc4cc(NC(=O)C5CC5F)nc5cc(C)nn45)cccc2-3)C1. The Kier molecular flexibility index (Phi) is 8.12. The molecule has 3 unspecified atom stereocenters. The number of nitrogens with zero attached hydrogens (tertiary/aromatic N) is 9. The quantitative estimate of drug-likeness (QED) is 0.220. The van der Waals surface area contributed by atoms with Crippen LogP contribution < -0.4 is 15.5 Å². The molecule has 2 N–H and O–H groups in total. The summed E-state index contributed by atoms with van der Waals surface area (Å²) >= 11 is 0. The van der Waals surface area contributed by atoms with Gasteiger partial charge in [0.05, 0.1) is 62.7 Å². The van der Waals surface area contributed by atoms with Crippen LogP contribution in [-0.2, 0) is 10.1 Å². The first kappa shape index (κ1) is 33.9. The molecular weight excluding hydrogens is 659 g/mol. The van der Waals surface area contributed by atoms with Crippen LogP contribution in [-0.4, -0.2) is 107 Å². The standard InChI is InChI=1S/C36H38B2FN11O2/c1-6-27-33-23(16-40-49(33)20-17-48(18-20)36(37,38)28-12-8-11-26(41-28)35(52)46(3)4)21-9-7-10-25(32(21)47(27)5)42-31-15-29(44-34(51)22-14-24(22)39)43-30-13-19(2)45-50(30)31/h7-13,15-16,20,22,24,27,42H,6,14,17-18H2,1-5H3,(H,43,44,51). The third-order valence-corrected chi connectivity index (χ3v) is 10.3. The maximum Gasteiger partial charge on any atom is 0.271 e. The molecule has 262 valence electrons. The highest BCUT2D eigenvalue weighted by molar-refractivity contribution is 6.39. The summed E-state index contributed by atoms with van der Waals surface area (Å²) in [4.78, 5) is 39.9. The van der Waals surface area contributed by atoms with E-state index in [1.54, 1.807) is 42.9 Å². The average Bonchev–Trinajstić information content (AvgIpc) is 3.48. The Labute approximate surface area is 303 Å². The van der Waals surface area contributed by atoms with Gasteiger partial charge in [0.15, 0.2) is 5.65 Å². The number of likely N-dealkylation sites (tertiary alicyclic amines) is 1. The first-order valence-electron chi connectivity index (χ1n) is 17.4. The molecule has 16 heteroatoms. The van der Waals surface area contributed by atoms with Crippen molar-refractivity contribution in [2.24, 2.45) is 5.92 Å². The van der Waals surface area contributed by atoms with Crippen molar-refractivity contribution in [2.45, 2.75) is 50.3 Å². The number of alkyl halides is 1. The van der Waals surface area contributed by atoms with Crippen molar-refractivity contribution >= 4 is 56.2 Å². The van der Waals surface area contributed by atoms with E-state index in [0.29, 0.717) is 36.1 Å². The summed E-state index contributed by atoms with van der Waals surface area (Å²) in [6.07, 6.45) is 1.87. The molecule has 52 heavy (non-hydrogen) atoms. The van der Waals surface area contributed by atoms with Crippen LogP contribution in [0.25, 0.3) is 16.8 Å². The Bertz CT molecular complexity index is 2230. The molecule has 1 saturated carbocycles. The second-order valence-corrected chi connectivity index (χ2v) is 14.2. The van der Waals surface area contributed by atoms with Gasteiger partial charge in [0.25, 0.3) is 5.91 Å². The number of carbonyl (C=O) groups excluding carboxylic acids is 2. The molecule has 6 heterocycles. The second kappa shape index (κ2) is 12.5. The minimum Gasteiger partial charge on any atom is -0.364 e. The Balaban J connectivity index is 1.08. The molecule has 4 aromatic heterocycles. The van der Waals surface area contributed by atoms with Gasteiger partial charge >= 0.3 is 0 Å². The fraction of sp³-hybridized carbons (Fsp3) is 0.389. The number of anilines is 4. The van der Waals surface area contributed by atoms with E-state index in [1.165, 1.54) is 4.90 Å². The van der Waals surface area contributed by atoms with Gasteiger partial charge in [-0.15, -0.1) is 0 Å². The maximum absolute atomic E-state index is 13.6. The summed E-state index contributed by atoms with van der Waals surface area (Å²) in [5, 5.41) is 14.5. The number of carbonyl (C=O) groups is 2. The van der Waals surface area contributed by atoms with Gasteiger partial charge in [-0.2, -0.15) is 14.7 Å². The fourth-order valence-electron chi connectivity index (χ4n) is 7.36. The van der Waals surface area contributed by atoms with E-state index in [-0.39, 0.29) is 36.0 Å². The van der Waals surface area contributed by atoms with Crippen molar-refractivity contribution in [1.29, 1.82) is 0 Å². The number of hydrogen-bond acceptors (Lipinski definition) is 9. The predicted octanol–water partition coefficient (Wildman–Crippen LogP) is 3.94. The molecule has 5 aromatic rings. The zero-order chi connectivity index (χ0) is 36.6. The van der Waals surface area contributed by atoms with Crippen molar-refractivity contribution in [3.8, 4) is 11.1 Å². The molecule has 3 aliphatic rings. The number of benzene rings is 1. The monoisotopic (exact) mass is 697 g/mol. The first-order chi connectivity index (χ1) is 24.8. The van der Waals surface area contributed by atoms with Crippen LogP contribution in [0.1, 0.15) is 59.4 Å². The van der Waals surface area contributed by atoms with E-state index >= 15 is 0 Å². The molecule has 8 rings (SSSR count). The summed E-state index contributed by atoms with van der Waals surface area (Å²) in [5.74, 6) is -0.307. The lowest BCUT2D eigenvalue weighted by Gasteiger charge is -2.50. The van der Waals surface area contributed by atoms with Gasteiger partial charge in [0, 0.05) is 63.2 Å². The highest BCUT2D eigenvalue weighted by Gasteiger charge is 2.44. The molecule has 3 atom stereocenters. The van der Waals surface area contributed by atoms with Crippen LogP contribution in [0.3, 0.4) is 0 Å². The fourth-order valence-corrected chi connectivity index (χ4v) is 7.36. The zero-order valence-electron chi connectivity index (χ0n) is 29.7. The molecule has 2 aliphatic heterocycles. The molecule has 1 saturated heterocycles. The van der Waals surface area contributed by atoms with Crippen LogP contribution in [0.15, 0.2) is 54.7 Å². The zero-order valence-corrected chi connectivity index (χ0v) is 29.7. The molecule has 13 nitrogen and oxygen atoms in total. The number of nitrogens with one attached hydrogen (secondary N) is 2. The van der Waals surface area contributed by atoms with Crippen molar-refractivity contribution in [3.63, 3.8) is 0 Å². The van der Waals surface area contributed by atoms with Gasteiger partial charge in [-0.3, -0.25) is 14.3 Å². The highest BCUT2D eigenvalue weighted by Crippen LogP contribution is 2.50. The molecule has 1 aromatic carbocycles. The average molecular weight is 697 g/mol. The van der Waals surface area contributed by atoms with Gasteiger partial charge in [0.1, 0.15) is 23.5 Å². The van der Waals surface area contributed by atoms with E-state index in [4.69, 9.17) is 20.8 Å². The number of amides is 2. The number of aryl methyl sites for hydroxylation is 1. The van der Waals surface area contributed by atoms with Crippen LogP contribution in [0.2, 0.25) is 0 Å². The van der Waals surface area contributed by atoms with Crippen LogP contribution >= 0.6 is 0 Å². The Morgan fingerprint density at radius 3 is 2.54 bits per heavy atom. The number of hydrogen-bond donors (Lipinski definition) is 2. The smallest absolute Gasteiger partial charge is 0.271 e. The normalized spacial score (nSPS) is 19.9. The molecule has 2 fully saturated rings. The minimum atomic E-state index is -1.37. The van der Waals surface area contributed by atoms with E-state index in [1.807, 2.05) is 36.2 Å². The first-order valence-corrected chi connectivity index (χ1v) is 17.4. The van der Waals surface area contributed by atoms with Crippen molar-refractivity contribution < 1.29 is 14.0 Å². The van der Waals surface area contributed by atoms with E-state index in [0.717, 1.165) is 40.3 Å². The summed E-state index contributed by atoms with van der Waals surface area (Å²) in [6, 6.07) is 14.8. The number of aromatic nitrogens is 6. The maximum atomic E-state index is 13.6. The van der Waals surface area contributed by atoms with Gasteiger partial charge in [0.2, 0.25) is 5.91 Å². The Morgan fingerprint density at radius 2 is 1.83 bits per heavy atom. The Morgan fingerprint density at radius 1 is 1.08 bits per heavy atom. The topological polar surface area (TPSA) is 129 Å². The third-order valence-electron chi connectivity index (χ3n) is 10.3. The number of fused-ring (bicyclic) bond motifs is 4. The number of halogens is 1. The molecular formula is C36H38B2FN11O2. The summed E-state index contributed by atoms with van der Waals surface area (Å²) < 4.78 is 17.4. The largest absolute Gasteiger partial charge is 0.364 e. The number of para-hydroxylation sites is 1. The second-order valence-electron chi connectivity index (χ2n) is 14.2. The highest BCUT2D eigenvalue weighted by atomic mass is 19.1. The number of pyridine rings is 1. The van der Waals surface area contributed by atoms with Crippen molar-refractivity contribution in [2.75, 3.05) is 49.8 Å². The lowest BCUT2D eigenvalue weighted by atomic mass is 9.57. The van der Waals surface area contributed by atoms with Gasteiger partial charge in [-0.25, -0.2) is 14.4 Å². The van der Waals surface area contributed by atoms with Gasteiger partial charge in [-0.1, -0.05) is 25.1 Å². The van der Waals surface area contributed by atoms with Crippen LogP contribution in [0.5, 0.6) is 0 Å². The van der Waals surface area contributed by atoms with Crippen LogP contribution in [0.4, 0.5) is 27.4 Å². The third kappa shape index (κ3) is 5.60. The van der Waals surface area contributed by atoms with Gasteiger partial charge in [-0.05, 0) is 43.3 Å². The molecule has 4 radical (unpaired) electrons. The lowest BCUT2D eigenvalue weighted by molar-refractivity contribution is -0.117. The predicted molar refractivity (Wildman–Crippen MR) is 198 cm³/mol. The van der Waals surface area contributed by atoms with Gasteiger partial charge < -0.3 is 25.3 Å². The van der Waals surface area contributed by atoms with E-state index < -0.39 is 17.4 Å². The van der Waals surface area contributed by atoms with E-state index in [9.17, 15) is 14.0 Å². The number of rotatable bonds is 9. The summed E-state index contributed by atoms with van der Waals surface area (Å²) in [7, 11) is 18.8. The van der Waals surface area contributed by atoms with Crippen LogP contribution in [0, 0.1) is 12.8 Å². The lowest BCUT2D eigenvalue weighted by Crippen LogP contribution is -2.60. The molecule has 1 aliphatic carbocycles. The Hall–Kier alpha value is -5.24. The summed E-state index contributed by atoms with van der Waals surface area (Å²) in [6.45, 7) is 5.14. The molecule has 2 amide bonds. The van der Waals surface area contributed by atoms with Crippen molar-refractivity contribution in [3.05, 3.63) is 77.5 Å². The van der Waals surface area contributed by atoms with Crippen molar-refractivity contribution in [1.82, 2.24) is 39.2 Å².